The summed E-state index contributed by atoms with van der Waals surface area (Å²) in [6, 6.07) is 1.28. The number of anilines is 1. The number of fused-ring (bicyclic) bond motifs is 1. The highest BCUT2D eigenvalue weighted by Crippen LogP contribution is 2.62. The molecular formula is C23H12Br2Cl2F5NO4. The van der Waals surface area contributed by atoms with E-state index in [0.717, 1.165) is 0 Å². The molecule has 0 unspecified atom stereocenters. The standard InChI is InChI=1S/C23H12Br2Cl2F5NO4/c1-3-7-4-5-22(26)20(35)33(18-16(31)14(29)13(28)15(30)17(18)32)21(36)23(22,27)10(7)8-6-9(37-2)19(34)12(25)11(8)24/h3-4,6,10,34H,1,5H2,2H3/t10-,22-,23+/m1/s1. The molecule has 4 rings (SSSR count). The minimum Gasteiger partial charge on any atom is -0.503 e. The molecule has 1 aliphatic heterocycles. The van der Waals surface area contributed by atoms with Crippen LogP contribution in [0.3, 0.4) is 0 Å². The Morgan fingerprint density at radius 2 is 1.59 bits per heavy atom. The lowest BCUT2D eigenvalue weighted by Crippen LogP contribution is -2.55. The van der Waals surface area contributed by atoms with Gasteiger partial charge in [0.25, 0.3) is 11.8 Å². The first-order chi connectivity index (χ1) is 17.2. The van der Waals surface area contributed by atoms with E-state index in [4.69, 9.17) is 27.9 Å². The van der Waals surface area contributed by atoms with Crippen LogP contribution in [0.5, 0.6) is 11.5 Å². The number of phenolic OH excluding ortho intramolecular Hbond substituents is 1. The fraction of sp³-hybridized carbons (Fsp3) is 0.217. The van der Waals surface area contributed by atoms with Gasteiger partial charge in [-0.15, -0.1) is 23.2 Å². The summed E-state index contributed by atoms with van der Waals surface area (Å²) < 4.78 is 76.4. The molecule has 0 aromatic heterocycles. The Labute approximate surface area is 232 Å². The second kappa shape index (κ2) is 9.25. The Kier molecular flexibility index (Phi) is 6.97. The van der Waals surface area contributed by atoms with Gasteiger partial charge in [-0.25, -0.2) is 26.9 Å². The predicted molar refractivity (Wildman–Crippen MR) is 132 cm³/mol. The molecule has 2 aromatic rings. The molecule has 1 N–H and O–H groups in total. The second-order valence-electron chi connectivity index (χ2n) is 8.07. The maximum Gasteiger partial charge on any atom is 0.258 e. The number of halogens is 9. The van der Waals surface area contributed by atoms with Crippen LogP contribution in [0, 0.1) is 29.1 Å². The van der Waals surface area contributed by atoms with E-state index in [0.29, 0.717) is 0 Å². The first-order valence-electron chi connectivity index (χ1n) is 10.1. The van der Waals surface area contributed by atoms with E-state index >= 15 is 0 Å². The van der Waals surface area contributed by atoms with Gasteiger partial charge in [-0.05, 0) is 55.5 Å². The lowest BCUT2D eigenvalue weighted by Gasteiger charge is -2.42. The van der Waals surface area contributed by atoms with Crippen LogP contribution < -0.4 is 9.64 Å². The van der Waals surface area contributed by atoms with Crippen LogP contribution in [-0.2, 0) is 9.59 Å². The molecule has 0 spiro atoms. The van der Waals surface area contributed by atoms with E-state index < -0.39 is 68.7 Å². The molecule has 1 fully saturated rings. The summed E-state index contributed by atoms with van der Waals surface area (Å²) in [6.07, 6.45) is 2.24. The zero-order valence-electron chi connectivity index (χ0n) is 18.2. The Morgan fingerprint density at radius 3 is 2.11 bits per heavy atom. The van der Waals surface area contributed by atoms with Gasteiger partial charge in [0.05, 0.1) is 11.6 Å². The van der Waals surface area contributed by atoms with Crippen molar-refractivity contribution in [2.75, 3.05) is 12.0 Å². The van der Waals surface area contributed by atoms with Gasteiger partial charge in [0, 0.05) is 10.4 Å². The number of allylic oxidation sites excluding steroid dienone is 3. The molecule has 0 bridgehead atoms. The van der Waals surface area contributed by atoms with E-state index in [-0.39, 0.29) is 36.5 Å². The molecule has 2 aliphatic rings. The van der Waals surface area contributed by atoms with Crippen LogP contribution in [0.2, 0.25) is 0 Å². The summed E-state index contributed by atoms with van der Waals surface area (Å²) in [5.41, 5.74) is -1.44. The maximum absolute atomic E-state index is 14.7. The number of imide groups is 1. The van der Waals surface area contributed by atoms with Crippen molar-refractivity contribution in [3.63, 3.8) is 0 Å². The zero-order chi connectivity index (χ0) is 27.8. The summed E-state index contributed by atoms with van der Waals surface area (Å²) in [7, 11) is 1.24. The number of aromatic hydroxyl groups is 1. The van der Waals surface area contributed by atoms with Crippen molar-refractivity contribution in [2.45, 2.75) is 22.1 Å². The van der Waals surface area contributed by atoms with Crippen molar-refractivity contribution in [2.24, 2.45) is 0 Å². The average Bonchev–Trinajstić information content (AvgIpc) is 3.03. The highest BCUT2D eigenvalue weighted by Gasteiger charge is 2.74. The fourth-order valence-electron chi connectivity index (χ4n) is 4.52. The van der Waals surface area contributed by atoms with Crippen LogP contribution in [0.25, 0.3) is 0 Å². The van der Waals surface area contributed by atoms with Crippen LogP contribution >= 0.6 is 55.1 Å². The van der Waals surface area contributed by atoms with Gasteiger partial charge in [0.1, 0.15) is 5.69 Å². The van der Waals surface area contributed by atoms with Crippen LogP contribution in [0.1, 0.15) is 17.9 Å². The number of amides is 2. The number of benzene rings is 2. The molecule has 14 heteroatoms. The number of carbonyl (C=O) groups is 2. The van der Waals surface area contributed by atoms with Gasteiger partial charge in [0.2, 0.25) is 5.82 Å². The summed E-state index contributed by atoms with van der Waals surface area (Å²) in [6.45, 7) is 3.67. The SMILES string of the molecule is C=CC1=CC[C@@]2(Cl)C(=O)N(c3c(F)c(F)c(F)c(F)c3F)C(=O)[C@@]2(Cl)[C@H]1c1cc(OC)c(O)c(Br)c1Br. The second-order valence-corrected chi connectivity index (χ2v) is 10.9. The molecule has 5 nitrogen and oxygen atoms in total. The van der Waals surface area contributed by atoms with Crippen molar-refractivity contribution in [3.8, 4) is 11.5 Å². The van der Waals surface area contributed by atoms with Crippen LogP contribution in [0.4, 0.5) is 27.6 Å². The Bertz CT molecular complexity index is 1430. The number of hydrogen-bond acceptors (Lipinski definition) is 4. The maximum atomic E-state index is 14.7. The van der Waals surface area contributed by atoms with Gasteiger partial charge in [-0.3, -0.25) is 9.59 Å². The Balaban J connectivity index is 2.05. The quantitative estimate of drug-likeness (QED) is 0.127. The van der Waals surface area contributed by atoms with Crippen molar-refractivity contribution in [1.82, 2.24) is 0 Å². The van der Waals surface area contributed by atoms with E-state index in [1.54, 1.807) is 0 Å². The van der Waals surface area contributed by atoms with Crippen molar-refractivity contribution >= 4 is 72.6 Å². The summed E-state index contributed by atoms with van der Waals surface area (Å²) >= 11 is 20.0. The average molecular weight is 692 g/mol. The van der Waals surface area contributed by atoms with E-state index in [1.165, 1.54) is 25.3 Å². The largest absolute Gasteiger partial charge is 0.503 e. The van der Waals surface area contributed by atoms with Crippen molar-refractivity contribution in [1.29, 1.82) is 0 Å². The molecule has 1 aliphatic carbocycles. The van der Waals surface area contributed by atoms with Gasteiger partial charge in [-0.1, -0.05) is 18.7 Å². The molecule has 0 saturated carbocycles. The third kappa shape index (κ3) is 3.51. The molecular weight excluding hydrogens is 680 g/mol. The number of rotatable bonds is 4. The predicted octanol–water partition coefficient (Wildman–Crippen LogP) is 6.75. The molecule has 3 atom stereocenters. The Morgan fingerprint density at radius 1 is 1.05 bits per heavy atom. The van der Waals surface area contributed by atoms with Crippen molar-refractivity contribution < 1.29 is 41.4 Å². The fourth-order valence-corrected chi connectivity index (χ4v) is 6.31. The first kappa shape index (κ1) is 27.9. The van der Waals surface area contributed by atoms with Gasteiger partial charge in [-0.2, -0.15) is 0 Å². The zero-order valence-corrected chi connectivity index (χ0v) is 22.9. The third-order valence-electron chi connectivity index (χ3n) is 6.33. The van der Waals surface area contributed by atoms with E-state index in [2.05, 4.69) is 38.4 Å². The minimum atomic E-state index is -2.56. The number of nitrogens with zero attached hydrogens (tertiary/aromatic N) is 1. The lowest BCUT2D eigenvalue weighted by atomic mass is 9.68. The summed E-state index contributed by atoms with van der Waals surface area (Å²) in [4.78, 5) is 22.1. The lowest BCUT2D eigenvalue weighted by molar-refractivity contribution is -0.122. The molecule has 37 heavy (non-hydrogen) atoms. The van der Waals surface area contributed by atoms with Crippen LogP contribution in [0.15, 0.2) is 39.3 Å². The highest BCUT2D eigenvalue weighted by molar-refractivity contribution is 9.13. The van der Waals surface area contributed by atoms with Crippen LogP contribution in [-0.4, -0.2) is 33.8 Å². The van der Waals surface area contributed by atoms with E-state index in [1.807, 2.05) is 0 Å². The Hall–Kier alpha value is -2.15. The topological polar surface area (TPSA) is 66.8 Å². The minimum absolute atomic E-state index is 0.0599. The van der Waals surface area contributed by atoms with Crippen molar-refractivity contribution in [3.05, 3.63) is 74.0 Å². The van der Waals surface area contributed by atoms with Gasteiger partial charge >= 0.3 is 0 Å². The molecule has 1 heterocycles. The summed E-state index contributed by atoms with van der Waals surface area (Å²) in [5.74, 6) is -16.9. The molecule has 0 radical (unpaired) electrons. The first-order valence-corrected chi connectivity index (χ1v) is 12.4. The van der Waals surface area contributed by atoms with Gasteiger partial charge < -0.3 is 9.84 Å². The highest BCUT2D eigenvalue weighted by atomic mass is 79.9. The number of hydrogen-bond donors (Lipinski definition) is 1. The number of carbonyl (C=O) groups excluding carboxylic acids is 2. The molecule has 2 amide bonds. The molecule has 1 saturated heterocycles. The number of methoxy groups -OCH3 is 1. The smallest absolute Gasteiger partial charge is 0.258 e. The number of alkyl halides is 2. The monoisotopic (exact) mass is 689 g/mol. The molecule has 2 aromatic carbocycles. The van der Waals surface area contributed by atoms with Gasteiger partial charge in [0.15, 0.2) is 44.5 Å². The number of ether oxygens (including phenoxy) is 1. The normalized spacial score (nSPS) is 25.3. The molecule has 196 valence electrons. The number of phenols is 1. The third-order valence-corrected chi connectivity index (χ3v) is 9.91. The van der Waals surface area contributed by atoms with E-state index in [9.17, 15) is 36.6 Å². The summed E-state index contributed by atoms with van der Waals surface area (Å²) in [5, 5.41) is 10.3.